The molecule has 0 atom stereocenters. The highest BCUT2D eigenvalue weighted by Crippen LogP contribution is 2.29. The molecule has 1 aromatic heterocycles. The van der Waals surface area contributed by atoms with Crippen molar-refractivity contribution in [1.82, 2.24) is 4.98 Å². The van der Waals surface area contributed by atoms with E-state index in [2.05, 4.69) is 11.1 Å². The number of aliphatic hydroxyl groups is 1. The van der Waals surface area contributed by atoms with Gasteiger partial charge >= 0.3 is 0 Å². The number of nitrogens with zero attached hydrogens (tertiary/aromatic N) is 2. The van der Waals surface area contributed by atoms with Crippen LogP contribution >= 0.6 is 0 Å². The molecule has 1 heterocycles. The van der Waals surface area contributed by atoms with E-state index in [9.17, 15) is 5.26 Å². The fourth-order valence-electron chi connectivity index (χ4n) is 2.47. The van der Waals surface area contributed by atoms with Gasteiger partial charge in [0.25, 0.3) is 0 Å². The molecule has 0 aliphatic heterocycles. The lowest BCUT2D eigenvalue weighted by Crippen LogP contribution is -1.94. The monoisotopic (exact) mass is 274 g/mol. The molecule has 3 heteroatoms. The number of aromatic nitrogens is 1. The molecule has 3 aromatic rings. The van der Waals surface area contributed by atoms with Crippen LogP contribution in [0.15, 0.2) is 54.6 Å². The Hall–Kier alpha value is -2.70. The molecule has 0 aliphatic rings. The predicted octanol–water partition coefficient (Wildman–Crippen LogP) is 3.31. The summed E-state index contributed by atoms with van der Waals surface area (Å²) in [7, 11) is 0. The first-order valence-corrected chi connectivity index (χ1v) is 6.82. The Balaban J connectivity index is 2.26. The third kappa shape index (κ3) is 2.62. The molecule has 102 valence electrons. The molecule has 0 unspecified atom stereocenters. The highest BCUT2D eigenvalue weighted by atomic mass is 16.2. The van der Waals surface area contributed by atoms with Crippen LogP contribution in [-0.4, -0.2) is 16.7 Å². The molecular weight excluding hydrogens is 260 g/mol. The van der Waals surface area contributed by atoms with E-state index in [1.807, 2.05) is 54.6 Å². The second-order valence-electron chi connectivity index (χ2n) is 4.86. The first-order valence-electron chi connectivity index (χ1n) is 6.82. The van der Waals surface area contributed by atoms with Crippen molar-refractivity contribution in [3.05, 3.63) is 65.9 Å². The quantitative estimate of drug-likeness (QED) is 0.797. The van der Waals surface area contributed by atoms with Gasteiger partial charge in [-0.3, -0.25) is 0 Å². The van der Waals surface area contributed by atoms with E-state index in [4.69, 9.17) is 5.11 Å². The van der Waals surface area contributed by atoms with Gasteiger partial charge in [-0.2, -0.15) is 5.26 Å². The summed E-state index contributed by atoms with van der Waals surface area (Å²) in [4.78, 5) is 4.38. The van der Waals surface area contributed by atoms with Gasteiger partial charge in [0.05, 0.1) is 5.52 Å². The van der Waals surface area contributed by atoms with E-state index in [0.717, 1.165) is 27.6 Å². The Morgan fingerprint density at radius 1 is 1.05 bits per heavy atom. The Morgan fingerprint density at radius 3 is 2.57 bits per heavy atom. The molecule has 3 rings (SSSR count). The number of pyridine rings is 1. The average Bonchev–Trinajstić information content (AvgIpc) is 2.54. The molecule has 1 N–H and O–H groups in total. The standard InChI is InChI=1S/C18H14N2O/c19-12-15-11-17(14-4-2-1-3-5-14)16-7-6-13(8-9-21)10-18(16)20-15/h1-7,10-11,21H,8-9H2. The second-order valence-corrected chi connectivity index (χ2v) is 4.86. The Bertz CT molecular complexity index is 820. The molecule has 0 saturated heterocycles. The van der Waals surface area contributed by atoms with Crippen LogP contribution in [0.3, 0.4) is 0 Å². The summed E-state index contributed by atoms with van der Waals surface area (Å²) < 4.78 is 0. The van der Waals surface area contributed by atoms with Crippen LogP contribution < -0.4 is 0 Å². The summed E-state index contributed by atoms with van der Waals surface area (Å²) in [5.74, 6) is 0. The highest BCUT2D eigenvalue weighted by molar-refractivity contribution is 5.95. The van der Waals surface area contributed by atoms with Crippen LogP contribution in [0, 0.1) is 11.3 Å². The maximum atomic E-state index is 9.19. The molecule has 21 heavy (non-hydrogen) atoms. The minimum absolute atomic E-state index is 0.106. The Labute approximate surface area is 123 Å². The summed E-state index contributed by atoms with van der Waals surface area (Å²) in [6.45, 7) is 0.106. The van der Waals surface area contributed by atoms with E-state index in [-0.39, 0.29) is 6.61 Å². The maximum absolute atomic E-state index is 9.19. The van der Waals surface area contributed by atoms with Gasteiger partial charge in [0.15, 0.2) is 0 Å². The van der Waals surface area contributed by atoms with Crippen molar-refractivity contribution in [1.29, 1.82) is 5.26 Å². The average molecular weight is 274 g/mol. The van der Waals surface area contributed by atoms with Crippen LogP contribution in [0.25, 0.3) is 22.0 Å². The first-order chi connectivity index (χ1) is 10.3. The third-order valence-corrected chi connectivity index (χ3v) is 3.47. The molecule has 2 aromatic carbocycles. The number of hydrogen-bond acceptors (Lipinski definition) is 3. The van der Waals surface area contributed by atoms with Crippen molar-refractivity contribution >= 4 is 10.9 Å². The van der Waals surface area contributed by atoms with Gasteiger partial charge in [-0.25, -0.2) is 4.98 Å². The van der Waals surface area contributed by atoms with E-state index in [1.165, 1.54) is 0 Å². The van der Waals surface area contributed by atoms with Crippen molar-refractivity contribution < 1.29 is 5.11 Å². The lowest BCUT2D eigenvalue weighted by molar-refractivity contribution is 0.299. The summed E-state index contributed by atoms with van der Waals surface area (Å²) in [6, 6.07) is 19.9. The van der Waals surface area contributed by atoms with E-state index < -0.39 is 0 Å². The zero-order chi connectivity index (χ0) is 14.7. The molecular formula is C18H14N2O. The molecule has 0 bridgehead atoms. The van der Waals surface area contributed by atoms with Crippen LogP contribution in [-0.2, 0) is 6.42 Å². The van der Waals surface area contributed by atoms with Gasteiger partial charge in [-0.15, -0.1) is 0 Å². The van der Waals surface area contributed by atoms with Crippen LogP contribution in [0.4, 0.5) is 0 Å². The molecule has 3 nitrogen and oxygen atoms in total. The number of aliphatic hydroxyl groups excluding tert-OH is 1. The Morgan fingerprint density at radius 2 is 1.86 bits per heavy atom. The molecule has 0 spiro atoms. The first kappa shape index (κ1) is 13.3. The van der Waals surface area contributed by atoms with Gasteiger partial charge in [-0.05, 0) is 35.2 Å². The fraction of sp³-hybridized carbons (Fsp3) is 0.111. The number of rotatable bonds is 3. The normalized spacial score (nSPS) is 10.5. The van der Waals surface area contributed by atoms with Gasteiger partial charge < -0.3 is 5.11 Å². The van der Waals surface area contributed by atoms with E-state index >= 15 is 0 Å². The Kier molecular flexibility index (Phi) is 3.63. The topological polar surface area (TPSA) is 56.9 Å². The zero-order valence-corrected chi connectivity index (χ0v) is 11.5. The molecule has 0 radical (unpaired) electrons. The van der Waals surface area contributed by atoms with Crippen molar-refractivity contribution in [2.75, 3.05) is 6.61 Å². The van der Waals surface area contributed by atoms with E-state index in [0.29, 0.717) is 12.1 Å². The SMILES string of the molecule is N#Cc1cc(-c2ccccc2)c2ccc(CCO)cc2n1. The number of benzene rings is 2. The van der Waals surface area contributed by atoms with Crippen molar-refractivity contribution in [2.45, 2.75) is 6.42 Å². The maximum Gasteiger partial charge on any atom is 0.141 e. The van der Waals surface area contributed by atoms with Crippen LogP contribution in [0.5, 0.6) is 0 Å². The van der Waals surface area contributed by atoms with Gasteiger partial charge in [-0.1, -0.05) is 42.5 Å². The predicted molar refractivity (Wildman–Crippen MR) is 82.7 cm³/mol. The molecule has 0 saturated carbocycles. The van der Waals surface area contributed by atoms with Gasteiger partial charge in [0.2, 0.25) is 0 Å². The number of hydrogen-bond donors (Lipinski definition) is 1. The summed E-state index contributed by atoms with van der Waals surface area (Å²) >= 11 is 0. The minimum Gasteiger partial charge on any atom is -0.396 e. The molecule has 0 fully saturated rings. The third-order valence-electron chi connectivity index (χ3n) is 3.47. The minimum atomic E-state index is 0.106. The van der Waals surface area contributed by atoms with Crippen molar-refractivity contribution in [3.63, 3.8) is 0 Å². The summed E-state index contributed by atoms with van der Waals surface area (Å²) in [5, 5.41) is 19.3. The van der Waals surface area contributed by atoms with Gasteiger partial charge in [0, 0.05) is 12.0 Å². The van der Waals surface area contributed by atoms with E-state index in [1.54, 1.807) is 0 Å². The van der Waals surface area contributed by atoms with Crippen molar-refractivity contribution in [2.24, 2.45) is 0 Å². The summed E-state index contributed by atoms with van der Waals surface area (Å²) in [5.41, 5.74) is 4.29. The zero-order valence-electron chi connectivity index (χ0n) is 11.5. The number of fused-ring (bicyclic) bond motifs is 1. The smallest absolute Gasteiger partial charge is 0.141 e. The van der Waals surface area contributed by atoms with Crippen LogP contribution in [0.1, 0.15) is 11.3 Å². The van der Waals surface area contributed by atoms with Crippen molar-refractivity contribution in [3.8, 4) is 17.2 Å². The summed E-state index contributed by atoms with van der Waals surface area (Å²) in [6.07, 6.45) is 0.592. The highest BCUT2D eigenvalue weighted by Gasteiger charge is 2.08. The number of nitriles is 1. The lowest BCUT2D eigenvalue weighted by Gasteiger charge is -2.09. The van der Waals surface area contributed by atoms with Crippen LogP contribution in [0.2, 0.25) is 0 Å². The molecule has 0 amide bonds. The lowest BCUT2D eigenvalue weighted by atomic mass is 9.98. The molecule has 0 aliphatic carbocycles. The fourth-order valence-corrected chi connectivity index (χ4v) is 2.47. The van der Waals surface area contributed by atoms with Gasteiger partial charge in [0.1, 0.15) is 11.8 Å². The second kappa shape index (κ2) is 5.74. The largest absolute Gasteiger partial charge is 0.396 e.